The van der Waals surface area contributed by atoms with Crippen molar-refractivity contribution in [3.05, 3.63) is 70.5 Å². The Morgan fingerprint density at radius 3 is 2.72 bits per heavy atom. The Kier molecular flexibility index (Phi) is 7.17. The summed E-state index contributed by atoms with van der Waals surface area (Å²) in [6.45, 7) is 4.19. The maximum absolute atomic E-state index is 12.3. The summed E-state index contributed by atoms with van der Waals surface area (Å²) in [6, 6.07) is 15.3. The van der Waals surface area contributed by atoms with E-state index in [1.54, 1.807) is 6.07 Å². The van der Waals surface area contributed by atoms with E-state index in [1.807, 2.05) is 67.9 Å². The van der Waals surface area contributed by atoms with Gasteiger partial charge in [0.1, 0.15) is 12.4 Å². The van der Waals surface area contributed by atoms with E-state index < -0.39 is 0 Å². The van der Waals surface area contributed by atoms with E-state index >= 15 is 0 Å². The van der Waals surface area contributed by atoms with Gasteiger partial charge in [-0.05, 0) is 43.2 Å². The zero-order chi connectivity index (χ0) is 20.8. The van der Waals surface area contributed by atoms with Crippen LogP contribution in [0.15, 0.2) is 53.7 Å². The molecule has 1 N–H and O–H groups in total. The second kappa shape index (κ2) is 9.80. The second-order valence-corrected chi connectivity index (χ2v) is 8.02. The summed E-state index contributed by atoms with van der Waals surface area (Å²) < 4.78 is 7.67. The molecule has 0 saturated carbocycles. The van der Waals surface area contributed by atoms with Crippen molar-refractivity contribution in [2.45, 2.75) is 31.7 Å². The number of carbonyl (C=O) groups excluding carboxylic acids is 1. The van der Waals surface area contributed by atoms with Crippen LogP contribution in [0, 0.1) is 6.92 Å². The number of nitrogens with zero attached hydrogens (tertiary/aromatic N) is 3. The molecule has 0 saturated heterocycles. The summed E-state index contributed by atoms with van der Waals surface area (Å²) in [4.78, 5) is 12.3. The average Bonchev–Trinajstić information content (AvgIpc) is 3.06. The van der Waals surface area contributed by atoms with E-state index in [2.05, 4.69) is 15.5 Å². The Hall–Kier alpha value is -2.51. The van der Waals surface area contributed by atoms with Gasteiger partial charge in [-0.1, -0.05) is 53.7 Å². The molecule has 0 aliphatic rings. The third-order valence-corrected chi connectivity index (χ3v) is 5.68. The first kappa shape index (κ1) is 21.2. The van der Waals surface area contributed by atoms with Crippen LogP contribution in [0.1, 0.15) is 29.9 Å². The van der Waals surface area contributed by atoms with E-state index in [0.29, 0.717) is 16.0 Å². The van der Waals surface area contributed by atoms with Crippen molar-refractivity contribution in [2.24, 2.45) is 7.05 Å². The fraction of sp³-hybridized carbons (Fsp3) is 0.286. The molecular weight excluding hydrogens is 408 g/mol. The normalized spacial score (nSPS) is 11.9. The Bertz CT molecular complexity index is 978. The first-order valence-corrected chi connectivity index (χ1v) is 10.5. The van der Waals surface area contributed by atoms with Gasteiger partial charge in [0.05, 0.1) is 11.8 Å². The highest BCUT2D eigenvalue weighted by molar-refractivity contribution is 7.99. The molecule has 3 aromatic rings. The fourth-order valence-corrected chi connectivity index (χ4v) is 3.72. The van der Waals surface area contributed by atoms with Crippen LogP contribution in [0.4, 0.5) is 0 Å². The molecule has 0 spiro atoms. The van der Waals surface area contributed by atoms with E-state index in [0.717, 1.165) is 16.9 Å². The van der Waals surface area contributed by atoms with Gasteiger partial charge in [0.2, 0.25) is 5.91 Å². The van der Waals surface area contributed by atoms with Gasteiger partial charge in [-0.15, -0.1) is 10.2 Å². The number of ether oxygens (including phenoxy) is 1. The molecule has 1 amide bonds. The molecule has 1 atom stereocenters. The maximum atomic E-state index is 12.3. The van der Waals surface area contributed by atoms with Crippen LogP contribution in [0.2, 0.25) is 5.02 Å². The topological polar surface area (TPSA) is 69.0 Å². The lowest BCUT2D eigenvalue weighted by molar-refractivity contribution is -0.119. The van der Waals surface area contributed by atoms with Crippen LogP contribution in [0.5, 0.6) is 5.75 Å². The molecule has 1 aromatic heterocycles. The van der Waals surface area contributed by atoms with Gasteiger partial charge in [0.25, 0.3) is 0 Å². The summed E-state index contributed by atoms with van der Waals surface area (Å²) in [6.07, 6.45) is 0. The Morgan fingerprint density at radius 2 is 2.00 bits per heavy atom. The van der Waals surface area contributed by atoms with Crippen molar-refractivity contribution in [2.75, 3.05) is 5.75 Å². The van der Waals surface area contributed by atoms with Crippen LogP contribution in [-0.2, 0) is 18.4 Å². The van der Waals surface area contributed by atoms with E-state index in [4.69, 9.17) is 16.3 Å². The van der Waals surface area contributed by atoms with Crippen molar-refractivity contribution in [3.63, 3.8) is 0 Å². The van der Waals surface area contributed by atoms with Crippen molar-refractivity contribution < 1.29 is 9.53 Å². The standard InChI is InChI=1S/C21H23ClN4O2S/c1-14-11-17(22)9-10-18(14)28-12-19-24-25-21(26(19)3)29-13-20(27)23-15(2)16-7-5-4-6-8-16/h4-11,15H,12-13H2,1-3H3,(H,23,27). The van der Waals surface area contributed by atoms with Crippen LogP contribution >= 0.6 is 23.4 Å². The zero-order valence-electron chi connectivity index (χ0n) is 16.6. The third-order valence-electron chi connectivity index (χ3n) is 4.43. The van der Waals surface area contributed by atoms with Gasteiger partial charge in [-0.25, -0.2) is 0 Å². The minimum atomic E-state index is -0.0519. The SMILES string of the molecule is Cc1cc(Cl)ccc1OCc1nnc(SCC(=O)NC(C)c2ccccc2)n1C. The van der Waals surface area contributed by atoms with Gasteiger partial charge >= 0.3 is 0 Å². The quantitative estimate of drug-likeness (QED) is 0.539. The molecule has 8 heteroatoms. The minimum absolute atomic E-state index is 0.0460. The Labute approximate surface area is 179 Å². The predicted octanol–water partition coefficient (Wildman–Crippen LogP) is 4.33. The number of halogens is 1. The summed E-state index contributed by atoms with van der Waals surface area (Å²) in [5.74, 6) is 1.64. The number of nitrogens with one attached hydrogen (secondary N) is 1. The first-order valence-electron chi connectivity index (χ1n) is 9.18. The number of thioether (sulfide) groups is 1. The number of carbonyl (C=O) groups is 1. The Balaban J connectivity index is 1.52. The lowest BCUT2D eigenvalue weighted by Gasteiger charge is -2.14. The van der Waals surface area contributed by atoms with Gasteiger partial charge in [0.15, 0.2) is 11.0 Å². The average molecular weight is 431 g/mol. The summed E-state index contributed by atoms with van der Waals surface area (Å²) in [5.41, 5.74) is 2.03. The van der Waals surface area contributed by atoms with Crippen molar-refractivity contribution >= 4 is 29.3 Å². The van der Waals surface area contributed by atoms with E-state index in [-0.39, 0.29) is 24.3 Å². The number of rotatable bonds is 8. The smallest absolute Gasteiger partial charge is 0.230 e. The van der Waals surface area contributed by atoms with Crippen LogP contribution in [0.3, 0.4) is 0 Å². The maximum Gasteiger partial charge on any atom is 0.230 e. The van der Waals surface area contributed by atoms with Crippen LogP contribution in [-0.4, -0.2) is 26.4 Å². The molecule has 3 rings (SSSR count). The molecule has 2 aromatic carbocycles. The van der Waals surface area contributed by atoms with E-state index in [1.165, 1.54) is 11.8 Å². The molecule has 0 radical (unpaired) electrons. The monoisotopic (exact) mass is 430 g/mol. The molecule has 152 valence electrons. The second-order valence-electron chi connectivity index (χ2n) is 6.64. The van der Waals surface area contributed by atoms with Crippen molar-refractivity contribution in [1.29, 1.82) is 0 Å². The summed E-state index contributed by atoms with van der Waals surface area (Å²) in [5, 5.41) is 12.7. The zero-order valence-corrected chi connectivity index (χ0v) is 18.1. The van der Waals surface area contributed by atoms with Gasteiger partial charge in [0, 0.05) is 12.1 Å². The van der Waals surface area contributed by atoms with Crippen molar-refractivity contribution in [1.82, 2.24) is 20.1 Å². The highest BCUT2D eigenvalue weighted by Gasteiger charge is 2.14. The molecule has 0 fully saturated rings. The largest absolute Gasteiger partial charge is 0.485 e. The minimum Gasteiger partial charge on any atom is -0.485 e. The lowest BCUT2D eigenvalue weighted by Crippen LogP contribution is -2.28. The molecule has 1 unspecified atom stereocenters. The predicted molar refractivity (Wildman–Crippen MR) is 115 cm³/mol. The number of hydrogen-bond donors (Lipinski definition) is 1. The van der Waals surface area contributed by atoms with Gasteiger partial charge in [-0.3, -0.25) is 4.79 Å². The van der Waals surface area contributed by atoms with Gasteiger partial charge < -0.3 is 14.6 Å². The molecular formula is C21H23ClN4O2S. The number of aromatic nitrogens is 3. The summed E-state index contributed by atoms with van der Waals surface area (Å²) >= 11 is 7.32. The van der Waals surface area contributed by atoms with Gasteiger partial charge in [-0.2, -0.15) is 0 Å². The number of amides is 1. The van der Waals surface area contributed by atoms with Crippen molar-refractivity contribution in [3.8, 4) is 5.75 Å². The fourth-order valence-electron chi connectivity index (χ4n) is 2.75. The highest BCUT2D eigenvalue weighted by Crippen LogP contribution is 2.23. The molecule has 29 heavy (non-hydrogen) atoms. The Morgan fingerprint density at radius 1 is 1.24 bits per heavy atom. The molecule has 0 bridgehead atoms. The molecule has 1 heterocycles. The van der Waals surface area contributed by atoms with E-state index in [9.17, 15) is 4.79 Å². The first-order chi connectivity index (χ1) is 13.9. The lowest BCUT2D eigenvalue weighted by atomic mass is 10.1. The third kappa shape index (κ3) is 5.74. The number of benzene rings is 2. The molecule has 0 aliphatic carbocycles. The molecule has 6 nitrogen and oxygen atoms in total. The number of aryl methyl sites for hydroxylation is 1. The number of hydrogen-bond acceptors (Lipinski definition) is 5. The summed E-state index contributed by atoms with van der Waals surface area (Å²) in [7, 11) is 1.86. The molecule has 0 aliphatic heterocycles. The van der Waals surface area contributed by atoms with Crippen LogP contribution in [0.25, 0.3) is 0 Å². The highest BCUT2D eigenvalue weighted by atomic mass is 35.5. The van der Waals surface area contributed by atoms with Crippen LogP contribution < -0.4 is 10.1 Å².